The van der Waals surface area contributed by atoms with Crippen LogP contribution in [0.1, 0.15) is 40.0 Å². The Bertz CT molecular complexity index is 927. The fourth-order valence-corrected chi connectivity index (χ4v) is 9.37. The highest BCUT2D eigenvalue weighted by Crippen LogP contribution is 2.55. The summed E-state index contributed by atoms with van der Waals surface area (Å²) in [5.41, 5.74) is 0. The zero-order valence-corrected chi connectivity index (χ0v) is 22.9. The number of halogens is 1. The van der Waals surface area contributed by atoms with Crippen LogP contribution in [0.4, 0.5) is 0 Å². The van der Waals surface area contributed by atoms with Crippen molar-refractivity contribution in [3.8, 4) is 0 Å². The molecule has 3 unspecified atom stereocenters. The normalized spacial score (nSPS) is 20.4. The third kappa shape index (κ3) is 5.81. The molecule has 1 aliphatic rings. The molecule has 180 valence electrons. The van der Waals surface area contributed by atoms with Crippen molar-refractivity contribution in [2.45, 2.75) is 46.1 Å². The summed E-state index contributed by atoms with van der Waals surface area (Å²) in [4.78, 5) is 13.7. The Hall–Kier alpha value is -1.96. The van der Waals surface area contributed by atoms with Gasteiger partial charge in [-0.15, -0.1) is 0 Å². The SMILES string of the molecule is CC1CCC(C(C)C)C(OC(=O)C[P+](c2ccccc2)(c2ccccc2)c2ccccc2)C1.[Br-]. The van der Waals surface area contributed by atoms with Gasteiger partial charge in [-0.2, -0.15) is 0 Å². The van der Waals surface area contributed by atoms with Crippen LogP contribution in [0.5, 0.6) is 0 Å². The predicted octanol–water partition coefficient (Wildman–Crippen LogP) is 2.99. The highest BCUT2D eigenvalue weighted by molar-refractivity contribution is 7.96. The first kappa shape index (κ1) is 26.6. The third-order valence-corrected chi connectivity index (χ3v) is 11.5. The molecule has 0 radical (unpaired) electrons. The van der Waals surface area contributed by atoms with Gasteiger partial charge in [0.1, 0.15) is 29.3 Å². The number of hydrogen-bond acceptors (Lipinski definition) is 2. The second kappa shape index (κ2) is 12.1. The van der Waals surface area contributed by atoms with Gasteiger partial charge < -0.3 is 21.7 Å². The topological polar surface area (TPSA) is 26.3 Å². The van der Waals surface area contributed by atoms with Gasteiger partial charge in [0.2, 0.25) is 0 Å². The molecule has 0 aromatic heterocycles. The average Bonchev–Trinajstić information content (AvgIpc) is 2.84. The molecular weight excluding hydrogens is 503 g/mol. The van der Waals surface area contributed by atoms with Crippen molar-refractivity contribution < 1.29 is 26.5 Å². The summed E-state index contributed by atoms with van der Waals surface area (Å²) < 4.78 is 6.34. The molecule has 0 saturated heterocycles. The smallest absolute Gasteiger partial charge is 0.345 e. The molecule has 0 amide bonds. The number of carbonyl (C=O) groups is 1. The van der Waals surface area contributed by atoms with Gasteiger partial charge in [-0.3, -0.25) is 0 Å². The lowest BCUT2D eigenvalue weighted by Gasteiger charge is -2.37. The van der Waals surface area contributed by atoms with Gasteiger partial charge in [-0.1, -0.05) is 81.8 Å². The minimum absolute atomic E-state index is 0. The number of ether oxygens (including phenoxy) is 1. The molecule has 1 fully saturated rings. The van der Waals surface area contributed by atoms with Crippen molar-refractivity contribution in [1.29, 1.82) is 0 Å². The van der Waals surface area contributed by atoms with Gasteiger partial charge in [-0.05, 0) is 67.0 Å². The second-order valence-electron chi connectivity index (χ2n) is 9.83. The van der Waals surface area contributed by atoms with Crippen molar-refractivity contribution in [3.05, 3.63) is 91.0 Å². The molecule has 0 N–H and O–H groups in total. The van der Waals surface area contributed by atoms with Crippen molar-refractivity contribution in [2.24, 2.45) is 17.8 Å². The maximum absolute atomic E-state index is 13.7. The van der Waals surface area contributed by atoms with E-state index in [1.165, 1.54) is 22.3 Å². The van der Waals surface area contributed by atoms with Gasteiger partial charge in [0, 0.05) is 0 Å². The fraction of sp³-hybridized carbons (Fsp3) is 0.367. The second-order valence-corrected chi connectivity index (χ2v) is 13.3. The Labute approximate surface area is 216 Å². The van der Waals surface area contributed by atoms with E-state index in [9.17, 15) is 4.79 Å². The van der Waals surface area contributed by atoms with Gasteiger partial charge >= 0.3 is 5.97 Å². The lowest BCUT2D eigenvalue weighted by molar-refractivity contribution is -0.152. The molecule has 2 nitrogen and oxygen atoms in total. The summed E-state index contributed by atoms with van der Waals surface area (Å²) in [5, 5.41) is 3.66. The monoisotopic (exact) mass is 538 g/mol. The van der Waals surface area contributed by atoms with Crippen LogP contribution in [0.2, 0.25) is 0 Å². The molecule has 1 aliphatic carbocycles. The predicted molar refractivity (Wildman–Crippen MR) is 141 cm³/mol. The van der Waals surface area contributed by atoms with Gasteiger partial charge in [-0.25, -0.2) is 4.79 Å². The summed E-state index contributed by atoms with van der Waals surface area (Å²) in [6.07, 6.45) is 3.76. The fourth-order valence-electron chi connectivity index (χ4n) is 5.42. The van der Waals surface area contributed by atoms with Crippen LogP contribution >= 0.6 is 7.26 Å². The zero-order valence-electron chi connectivity index (χ0n) is 20.4. The van der Waals surface area contributed by atoms with E-state index >= 15 is 0 Å². The molecule has 3 aromatic carbocycles. The number of esters is 1. The molecule has 0 aliphatic heterocycles. The van der Waals surface area contributed by atoms with E-state index in [2.05, 4.69) is 93.6 Å². The van der Waals surface area contributed by atoms with Crippen molar-refractivity contribution in [2.75, 3.05) is 6.16 Å². The van der Waals surface area contributed by atoms with E-state index in [1.54, 1.807) is 0 Å². The molecule has 0 heterocycles. The molecule has 0 bridgehead atoms. The van der Waals surface area contributed by atoms with Crippen LogP contribution in [0, 0.1) is 17.8 Å². The van der Waals surface area contributed by atoms with Gasteiger partial charge in [0.05, 0.1) is 0 Å². The van der Waals surface area contributed by atoms with E-state index in [4.69, 9.17) is 4.74 Å². The minimum atomic E-state index is -2.21. The molecule has 3 aromatic rings. The van der Waals surface area contributed by atoms with Gasteiger partial charge in [0.25, 0.3) is 0 Å². The average molecular weight is 539 g/mol. The number of carbonyl (C=O) groups excluding carboxylic acids is 1. The summed E-state index contributed by atoms with van der Waals surface area (Å²) in [6, 6.07) is 31.7. The zero-order chi connectivity index (χ0) is 23.3. The summed E-state index contributed by atoms with van der Waals surface area (Å²) >= 11 is 0. The standard InChI is InChI=1S/C30H36O2P.BrH/c1-23(2)28-20-19-24(3)21-29(28)32-30(31)22-33(25-13-7-4-8-14-25,26-15-9-5-10-16-26)27-17-11-6-12-18-27;/h4-18,23-24,28-29H,19-22H2,1-3H3;1H/q+1;/p-1. The number of hydrogen-bond donors (Lipinski definition) is 0. The summed E-state index contributed by atoms with van der Waals surface area (Å²) in [5.74, 6) is 1.51. The lowest BCUT2D eigenvalue weighted by atomic mass is 9.75. The third-order valence-electron chi connectivity index (χ3n) is 7.20. The number of benzene rings is 3. The van der Waals surface area contributed by atoms with E-state index in [0.717, 1.165) is 12.8 Å². The highest BCUT2D eigenvalue weighted by atomic mass is 79.9. The molecule has 4 heteroatoms. The highest BCUT2D eigenvalue weighted by Gasteiger charge is 2.48. The van der Waals surface area contributed by atoms with Crippen molar-refractivity contribution in [1.82, 2.24) is 0 Å². The van der Waals surface area contributed by atoms with E-state index in [0.29, 0.717) is 23.9 Å². The summed E-state index contributed by atoms with van der Waals surface area (Å²) in [7, 11) is -2.21. The first-order valence-corrected chi connectivity index (χ1v) is 14.2. The van der Waals surface area contributed by atoms with Crippen LogP contribution in [0.25, 0.3) is 0 Å². The minimum Gasteiger partial charge on any atom is -1.00 e. The largest absolute Gasteiger partial charge is 1.00 e. The Morgan fingerprint density at radius 1 is 0.824 bits per heavy atom. The van der Waals surface area contributed by atoms with Crippen molar-refractivity contribution >= 4 is 29.1 Å². The maximum atomic E-state index is 13.7. The van der Waals surface area contributed by atoms with Crippen LogP contribution < -0.4 is 32.9 Å². The van der Waals surface area contributed by atoms with Crippen molar-refractivity contribution in [3.63, 3.8) is 0 Å². The molecule has 0 spiro atoms. The van der Waals surface area contributed by atoms with E-state index < -0.39 is 7.26 Å². The van der Waals surface area contributed by atoms with Crippen LogP contribution in [0.15, 0.2) is 91.0 Å². The van der Waals surface area contributed by atoms with Crippen LogP contribution in [0.3, 0.4) is 0 Å². The Kier molecular flexibility index (Phi) is 9.51. The summed E-state index contributed by atoms with van der Waals surface area (Å²) in [6.45, 7) is 6.81. The quantitative estimate of drug-likeness (QED) is 0.341. The van der Waals surface area contributed by atoms with Crippen LogP contribution in [-0.4, -0.2) is 18.2 Å². The maximum Gasteiger partial charge on any atom is 0.345 e. The van der Waals surface area contributed by atoms with Crippen LogP contribution in [-0.2, 0) is 9.53 Å². The molecule has 3 atom stereocenters. The lowest BCUT2D eigenvalue weighted by Crippen LogP contribution is -3.00. The molecular formula is C30H36BrO2P. The van der Waals surface area contributed by atoms with E-state index in [-0.39, 0.29) is 29.1 Å². The van der Waals surface area contributed by atoms with Gasteiger partial charge in [0.15, 0.2) is 6.16 Å². The molecule has 4 rings (SSSR count). The van der Waals surface area contributed by atoms with E-state index in [1.807, 2.05) is 18.2 Å². The number of rotatable bonds is 7. The molecule has 1 saturated carbocycles. The Balaban J connectivity index is 0.00000324. The Morgan fingerprint density at radius 2 is 1.26 bits per heavy atom. The Morgan fingerprint density at radius 3 is 1.68 bits per heavy atom. The first-order valence-electron chi connectivity index (χ1n) is 12.2. The molecule has 34 heavy (non-hydrogen) atoms. The first-order chi connectivity index (χ1) is 16.0.